The van der Waals surface area contributed by atoms with Gasteiger partial charge in [-0.2, -0.15) is 0 Å². The van der Waals surface area contributed by atoms with E-state index >= 15 is 0 Å². The predicted octanol–water partition coefficient (Wildman–Crippen LogP) is 5.60. The van der Waals surface area contributed by atoms with Crippen molar-refractivity contribution < 1.29 is 4.74 Å². The number of rotatable bonds is 2. The number of ether oxygens (including phenoxy) is 1. The van der Waals surface area contributed by atoms with E-state index in [0.717, 1.165) is 16.8 Å². The highest BCUT2D eigenvalue weighted by Crippen LogP contribution is 2.42. The van der Waals surface area contributed by atoms with Crippen LogP contribution in [-0.4, -0.2) is 6.61 Å². The molecule has 1 heterocycles. The Balaban J connectivity index is 1.99. The zero-order valence-corrected chi connectivity index (χ0v) is 14.7. The Morgan fingerprint density at radius 2 is 1.85 bits per heavy atom. The molecule has 3 rings (SSSR count). The zero-order valence-electron chi connectivity index (χ0n) is 11.5. The van der Waals surface area contributed by atoms with Crippen molar-refractivity contribution in [1.82, 2.24) is 0 Å². The minimum atomic E-state index is 0.0926. The Kier molecular flexibility index (Phi) is 3.67. The van der Waals surface area contributed by atoms with Gasteiger partial charge in [0.25, 0.3) is 0 Å². The van der Waals surface area contributed by atoms with Crippen LogP contribution in [0, 0.1) is 0 Å². The highest BCUT2D eigenvalue weighted by atomic mass is 79.9. The number of fused-ring (bicyclic) bond motifs is 1. The molecule has 1 unspecified atom stereocenters. The minimum Gasteiger partial charge on any atom is -0.492 e. The van der Waals surface area contributed by atoms with Gasteiger partial charge < -0.3 is 4.74 Å². The lowest BCUT2D eigenvalue weighted by Gasteiger charge is -2.18. The molecule has 0 aromatic heterocycles. The first-order valence-corrected chi connectivity index (χ1v) is 8.35. The molecular formula is C17H16Br2O. The quantitative estimate of drug-likeness (QED) is 0.601. The maximum absolute atomic E-state index is 5.75. The molecule has 1 aliphatic rings. The van der Waals surface area contributed by atoms with Gasteiger partial charge in [-0.15, -0.1) is 0 Å². The fourth-order valence-electron chi connectivity index (χ4n) is 2.55. The summed E-state index contributed by atoms with van der Waals surface area (Å²) in [4.78, 5) is 0.196. The molecule has 0 spiro atoms. The van der Waals surface area contributed by atoms with Gasteiger partial charge in [0.2, 0.25) is 0 Å². The molecule has 0 radical (unpaired) electrons. The fraction of sp³-hybridized carbons (Fsp3) is 0.294. The summed E-state index contributed by atoms with van der Waals surface area (Å²) in [6.45, 7) is 5.21. The van der Waals surface area contributed by atoms with Crippen LogP contribution >= 0.6 is 31.9 Å². The van der Waals surface area contributed by atoms with E-state index in [2.05, 4.69) is 82.1 Å². The second kappa shape index (κ2) is 5.19. The van der Waals surface area contributed by atoms with Crippen LogP contribution in [0.15, 0.2) is 46.9 Å². The van der Waals surface area contributed by atoms with Crippen molar-refractivity contribution in [3.63, 3.8) is 0 Å². The third-order valence-electron chi connectivity index (χ3n) is 3.76. The molecule has 0 amide bonds. The molecule has 0 N–H and O–H groups in total. The zero-order chi connectivity index (χ0) is 14.3. The van der Waals surface area contributed by atoms with E-state index in [1.54, 1.807) is 0 Å². The second-order valence-electron chi connectivity index (χ2n) is 5.85. The molecule has 3 heteroatoms. The van der Waals surface area contributed by atoms with Gasteiger partial charge in [0.1, 0.15) is 5.75 Å². The first-order valence-electron chi connectivity index (χ1n) is 6.64. The van der Waals surface area contributed by atoms with Gasteiger partial charge in [0.15, 0.2) is 0 Å². The lowest BCUT2D eigenvalue weighted by molar-refractivity contribution is 0.291. The Bertz CT molecular complexity index is 649. The summed E-state index contributed by atoms with van der Waals surface area (Å²) in [5.41, 5.74) is 3.90. The summed E-state index contributed by atoms with van der Waals surface area (Å²) in [6.07, 6.45) is 0. The molecular weight excluding hydrogens is 380 g/mol. The van der Waals surface area contributed by atoms with Gasteiger partial charge in [-0.05, 0) is 35.4 Å². The molecule has 1 atom stereocenters. The van der Waals surface area contributed by atoms with Crippen LogP contribution in [0.3, 0.4) is 0 Å². The standard InChI is InChI=1S/C17H16Br2O/c1-17(2)10-20-15-7-6-12(9-14(15)17)16(19)11-4-3-5-13(18)8-11/h3-9,16H,10H2,1-2H3. The van der Waals surface area contributed by atoms with Crippen LogP contribution in [0.1, 0.15) is 35.4 Å². The topological polar surface area (TPSA) is 9.23 Å². The van der Waals surface area contributed by atoms with Gasteiger partial charge in [-0.25, -0.2) is 0 Å². The highest BCUT2D eigenvalue weighted by Gasteiger charge is 2.32. The first kappa shape index (κ1) is 14.2. The molecule has 0 fully saturated rings. The van der Waals surface area contributed by atoms with Crippen molar-refractivity contribution in [3.8, 4) is 5.75 Å². The summed E-state index contributed by atoms with van der Waals surface area (Å²) in [5, 5.41) is 0. The molecule has 0 saturated heterocycles. The van der Waals surface area contributed by atoms with Crippen LogP contribution in [0.25, 0.3) is 0 Å². The summed E-state index contributed by atoms with van der Waals surface area (Å²) in [6, 6.07) is 14.9. The normalized spacial score (nSPS) is 17.4. The van der Waals surface area contributed by atoms with Gasteiger partial charge >= 0.3 is 0 Å². The van der Waals surface area contributed by atoms with Gasteiger partial charge in [0.05, 0.1) is 11.4 Å². The smallest absolute Gasteiger partial charge is 0.123 e. The number of hydrogen-bond donors (Lipinski definition) is 0. The van der Waals surface area contributed by atoms with E-state index in [9.17, 15) is 0 Å². The van der Waals surface area contributed by atoms with Gasteiger partial charge in [-0.3, -0.25) is 0 Å². The number of hydrogen-bond acceptors (Lipinski definition) is 1. The summed E-state index contributed by atoms with van der Waals surface area (Å²) in [5.74, 6) is 1.02. The molecule has 0 saturated carbocycles. The van der Waals surface area contributed by atoms with Gasteiger partial charge in [-0.1, -0.05) is 63.9 Å². The van der Waals surface area contributed by atoms with E-state index in [1.807, 2.05) is 6.07 Å². The number of halogens is 2. The third kappa shape index (κ3) is 2.53. The van der Waals surface area contributed by atoms with Crippen molar-refractivity contribution in [2.45, 2.75) is 24.1 Å². The SMILES string of the molecule is CC1(C)COc2ccc(C(Br)c3cccc(Br)c3)cc21. The molecule has 104 valence electrons. The Morgan fingerprint density at radius 1 is 1.10 bits per heavy atom. The van der Waals surface area contributed by atoms with Crippen LogP contribution < -0.4 is 4.74 Å². The van der Waals surface area contributed by atoms with Gasteiger partial charge in [0, 0.05) is 15.5 Å². The average Bonchev–Trinajstić information content (AvgIpc) is 2.73. The lowest BCUT2D eigenvalue weighted by Crippen LogP contribution is -2.18. The molecule has 1 nitrogen and oxygen atoms in total. The van der Waals surface area contributed by atoms with Crippen molar-refractivity contribution >= 4 is 31.9 Å². The third-order valence-corrected chi connectivity index (χ3v) is 5.31. The predicted molar refractivity (Wildman–Crippen MR) is 89.9 cm³/mol. The van der Waals surface area contributed by atoms with Crippen molar-refractivity contribution in [2.75, 3.05) is 6.61 Å². The van der Waals surface area contributed by atoms with Crippen LogP contribution in [0.2, 0.25) is 0 Å². The maximum atomic E-state index is 5.75. The fourth-order valence-corrected chi connectivity index (χ4v) is 3.54. The van der Waals surface area contributed by atoms with E-state index in [1.165, 1.54) is 16.7 Å². The van der Waals surface area contributed by atoms with Crippen LogP contribution in [0.4, 0.5) is 0 Å². The van der Waals surface area contributed by atoms with E-state index in [4.69, 9.17) is 4.74 Å². The lowest BCUT2D eigenvalue weighted by atomic mass is 9.85. The summed E-state index contributed by atoms with van der Waals surface area (Å²) < 4.78 is 6.85. The average molecular weight is 396 g/mol. The minimum absolute atomic E-state index is 0.0926. The Hall–Kier alpha value is -0.800. The Morgan fingerprint density at radius 3 is 2.60 bits per heavy atom. The van der Waals surface area contributed by atoms with Crippen LogP contribution in [0.5, 0.6) is 5.75 Å². The van der Waals surface area contributed by atoms with Crippen molar-refractivity contribution in [2.24, 2.45) is 0 Å². The molecule has 0 bridgehead atoms. The Labute approximate surface area is 136 Å². The highest BCUT2D eigenvalue weighted by molar-refractivity contribution is 9.10. The molecule has 2 aromatic rings. The molecule has 2 aromatic carbocycles. The molecule has 20 heavy (non-hydrogen) atoms. The van der Waals surface area contributed by atoms with E-state index in [-0.39, 0.29) is 10.2 Å². The van der Waals surface area contributed by atoms with E-state index < -0.39 is 0 Å². The number of alkyl halides is 1. The van der Waals surface area contributed by atoms with Crippen molar-refractivity contribution in [1.29, 1.82) is 0 Å². The summed E-state index contributed by atoms with van der Waals surface area (Å²) in [7, 11) is 0. The first-order chi connectivity index (χ1) is 9.47. The van der Waals surface area contributed by atoms with Crippen LogP contribution in [-0.2, 0) is 5.41 Å². The molecule has 0 aliphatic carbocycles. The van der Waals surface area contributed by atoms with E-state index in [0.29, 0.717) is 0 Å². The largest absolute Gasteiger partial charge is 0.492 e. The van der Waals surface area contributed by atoms with Crippen molar-refractivity contribution in [3.05, 3.63) is 63.6 Å². The number of benzene rings is 2. The molecule has 1 aliphatic heterocycles. The monoisotopic (exact) mass is 394 g/mol. The maximum Gasteiger partial charge on any atom is 0.123 e. The second-order valence-corrected chi connectivity index (χ2v) is 7.68. The summed E-state index contributed by atoms with van der Waals surface area (Å²) >= 11 is 7.34.